The average molecular weight is 240 g/mol. The average Bonchev–Trinajstić information content (AvgIpc) is 2.84. The van der Waals surface area contributed by atoms with E-state index in [1.54, 1.807) is 0 Å². The number of aryl methyl sites for hydroxylation is 2. The molecule has 0 atom stereocenters. The van der Waals surface area contributed by atoms with E-state index >= 15 is 0 Å². The summed E-state index contributed by atoms with van der Waals surface area (Å²) in [6, 6.07) is 6.48. The topological polar surface area (TPSA) is 56.2 Å². The van der Waals surface area contributed by atoms with Crippen molar-refractivity contribution in [2.45, 2.75) is 19.3 Å². The summed E-state index contributed by atoms with van der Waals surface area (Å²) in [6.45, 7) is 0. The quantitative estimate of drug-likeness (QED) is 0.613. The first kappa shape index (κ1) is 11.0. The minimum absolute atomic E-state index is 0.982. The molecule has 3 rings (SSSR count). The van der Waals surface area contributed by atoms with Crippen molar-refractivity contribution >= 4 is 5.71 Å². The van der Waals surface area contributed by atoms with E-state index in [9.17, 15) is 0 Å². The first-order chi connectivity index (χ1) is 8.78. The maximum Gasteiger partial charge on any atom is 0.0675 e. The van der Waals surface area contributed by atoms with Crippen LogP contribution in [0.2, 0.25) is 0 Å². The Hall–Kier alpha value is -2.10. The molecule has 1 heterocycles. The lowest BCUT2D eigenvalue weighted by atomic mass is 9.88. The first-order valence-corrected chi connectivity index (χ1v) is 6.17. The third-order valence-electron chi connectivity index (χ3n) is 3.47. The molecule has 0 saturated heterocycles. The molecule has 1 aromatic heterocycles. The van der Waals surface area contributed by atoms with E-state index in [1.807, 2.05) is 24.1 Å². The molecule has 0 spiro atoms. The first-order valence-electron chi connectivity index (χ1n) is 6.17. The van der Waals surface area contributed by atoms with E-state index in [0.717, 1.165) is 30.5 Å². The number of fused-ring (bicyclic) bond motifs is 1. The Kier molecular flexibility index (Phi) is 2.63. The lowest BCUT2D eigenvalue weighted by Gasteiger charge is -2.17. The molecule has 0 amide bonds. The molecule has 1 aliphatic carbocycles. The molecule has 4 heteroatoms. The zero-order chi connectivity index (χ0) is 12.5. The number of rotatable bonds is 1. The van der Waals surface area contributed by atoms with Gasteiger partial charge in [-0.1, -0.05) is 18.2 Å². The fourth-order valence-corrected chi connectivity index (χ4v) is 2.55. The fourth-order valence-electron chi connectivity index (χ4n) is 2.55. The van der Waals surface area contributed by atoms with E-state index in [0.29, 0.717) is 0 Å². The summed E-state index contributed by atoms with van der Waals surface area (Å²) in [4.78, 5) is 0. The summed E-state index contributed by atoms with van der Waals surface area (Å²) in [5, 5.41) is 8.10. The minimum atomic E-state index is 0.982. The maximum absolute atomic E-state index is 5.45. The molecule has 0 radical (unpaired) electrons. The van der Waals surface area contributed by atoms with Gasteiger partial charge < -0.3 is 5.84 Å². The second kappa shape index (κ2) is 4.29. The van der Waals surface area contributed by atoms with Crippen molar-refractivity contribution in [2.75, 3.05) is 0 Å². The number of nitrogens with two attached hydrogens (primary N) is 1. The van der Waals surface area contributed by atoms with Crippen LogP contribution in [0, 0.1) is 0 Å². The third-order valence-corrected chi connectivity index (χ3v) is 3.47. The number of benzene rings is 1. The molecule has 0 aliphatic heterocycles. The van der Waals surface area contributed by atoms with Gasteiger partial charge in [0.1, 0.15) is 0 Å². The van der Waals surface area contributed by atoms with Gasteiger partial charge in [-0.3, -0.25) is 4.68 Å². The molecule has 18 heavy (non-hydrogen) atoms. The van der Waals surface area contributed by atoms with Gasteiger partial charge in [0, 0.05) is 24.4 Å². The van der Waals surface area contributed by atoms with Crippen molar-refractivity contribution in [3.63, 3.8) is 0 Å². The van der Waals surface area contributed by atoms with Gasteiger partial charge in [0.15, 0.2) is 0 Å². The van der Waals surface area contributed by atoms with E-state index in [-0.39, 0.29) is 0 Å². The lowest BCUT2D eigenvalue weighted by molar-refractivity contribution is 0.768. The summed E-state index contributed by atoms with van der Waals surface area (Å²) >= 11 is 0. The van der Waals surface area contributed by atoms with E-state index < -0.39 is 0 Å². The number of hydrogen-bond donors (Lipinski definition) is 1. The van der Waals surface area contributed by atoms with Crippen molar-refractivity contribution < 1.29 is 0 Å². The molecule has 1 aliphatic rings. The van der Waals surface area contributed by atoms with Gasteiger partial charge in [0.2, 0.25) is 0 Å². The molecule has 4 nitrogen and oxygen atoms in total. The van der Waals surface area contributed by atoms with Crippen LogP contribution in [0.15, 0.2) is 35.7 Å². The summed E-state index contributed by atoms with van der Waals surface area (Å²) in [6.07, 6.45) is 7.13. The van der Waals surface area contributed by atoms with E-state index in [1.165, 1.54) is 16.7 Å². The number of hydrogen-bond acceptors (Lipinski definition) is 3. The zero-order valence-corrected chi connectivity index (χ0v) is 10.4. The Labute approximate surface area is 106 Å². The smallest absolute Gasteiger partial charge is 0.0675 e. The van der Waals surface area contributed by atoms with Gasteiger partial charge in [0.25, 0.3) is 0 Å². The Morgan fingerprint density at radius 3 is 2.89 bits per heavy atom. The molecule has 1 aromatic carbocycles. The molecule has 92 valence electrons. The molecule has 2 aromatic rings. The molecule has 2 N–H and O–H groups in total. The molecular formula is C14H16N4. The number of nitrogens with zero attached hydrogens (tertiary/aromatic N) is 3. The second-order valence-electron chi connectivity index (χ2n) is 4.70. The van der Waals surface area contributed by atoms with Crippen LogP contribution in [-0.2, 0) is 13.5 Å². The number of aromatic nitrogens is 2. The zero-order valence-electron chi connectivity index (χ0n) is 10.4. The van der Waals surface area contributed by atoms with Gasteiger partial charge >= 0.3 is 0 Å². The standard InChI is InChI=1S/C14H16N4/c1-18-9-12(8-16-18)10-5-6-13-11(7-10)3-2-4-14(13)17-15/h5-9H,2-4,15H2,1H3/b17-14+. The van der Waals surface area contributed by atoms with Gasteiger partial charge in [-0.2, -0.15) is 10.2 Å². The van der Waals surface area contributed by atoms with Crippen LogP contribution in [0.25, 0.3) is 11.1 Å². The summed E-state index contributed by atoms with van der Waals surface area (Å²) in [5.41, 5.74) is 5.93. The summed E-state index contributed by atoms with van der Waals surface area (Å²) in [7, 11) is 1.93. The molecular weight excluding hydrogens is 224 g/mol. The van der Waals surface area contributed by atoms with Crippen LogP contribution in [-0.4, -0.2) is 15.5 Å². The highest BCUT2D eigenvalue weighted by atomic mass is 15.2. The predicted octanol–water partition coefficient (Wildman–Crippen LogP) is 2.09. The lowest BCUT2D eigenvalue weighted by Crippen LogP contribution is -2.13. The highest BCUT2D eigenvalue weighted by Gasteiger charge is 2.16. The van der Waals surface area contributed by atoms with Crippen LogP contribution in [0.5, 0.6) is 0 Å². The van der Waals surface area contributed by atoms with Crippen LogP contribution >= 0.6 is 0 Å². The van der Waals surface area contributed by atoms with Crippen LogP contribution < -0.4 is 5.84 Å². The van der Waals surface area contributed by atoms with Crippen LogP contribution in [0.3, 0.4) is 0 Å². The van der Waals surface area contributed by atoms with Crippen molar-refractivity contribution in [3.8, 4) is 11.1 Å². The maximum atomic E-state index is 5.45. The van der Waals surface area contributed by atoms with Gasteiger partial charge in [-0.15, -0.1) is 0 Å². The Bertz CT molecular complexity index is 610. The third kappa shape index (κ3) is 1.79. The normalized spacial score (nSPS) is 16.8. The van der Waals surface area contributed by atoms with Crippen molar-refractivity contribution in [3.05, 3.63) is 41.7 Å². The fraction of sp³-hybridized carbons (Fsp3) is 0.286. The minimum Gasteiger partial charge on any atom is -0.323 e. The second-order valence-corrected chi connectivity index (χ2v) is 4.70. The van der Waals surface area contributed by atoms with E-state index in [2.05, 4.69) is 28.4 Å². The highest BCUT2D eigenvalue weighted by molar-refractivity contribution is 6.02. The Balaban J connectivity index is 2.06. The van der Waals surface area contributed by atoms with Crippen LogP contribution in [0.4, 0.5) is 0 Å². The van der Waals surface area contributed by atoms with Crippen molar-refractivity contribution in [2.24, 2.45) is 18.0 Å². The van der Waals surface area contributed by atoms with Gasteiger partial charge in [0.05, 0.1) is 11.9 Å². The van der Waals surface area contributed by atoms with Crippen molar-refractivity contribution in [1.82, 2.24) is 9.78 Å². The molecule has 0 unspecified atom stereocenters. The van der Waals surface area contributed by atoms with Gasteiger partial charge in [-0.25, -0.2) is 0 Å². The SMILES string of the molecule is Cn1cc(-c2ccc3c(c2)CCC/C3=N\N)cn1. The molecule has 0 bridgehead atoms. The molecule has 0 fully saturated rings. The predicted molar refractivity (Wildman–Crippen MR) is 72.3 cm³/mol. The van der Waals surface area contributed by atoms with Gasteiger partial charge in [-0.05, 0) is 30.4 Å². The van der Waals surface area contributed by atoms with E-state index in [4.69, 9.17) is 5.84 Å². The van der Waals surface area contributed by atoms with Crippen LogP contribution in [0.1, 0.15) is 24.0 Å². The summed E-state index contributed by atoms with van der Waals surface area (Å²) < 4.78 is 1.82. The Morgan fingerprint density at radius 2 is 2.17 bits per heavy atom. The molecule has 0 saturated carbocycles. The Morgan fingerprint density at radius 1 is 1.28 bits per heavy atom. The monoisotopic (exact) mass is 240 g/mol. The van der Waals surface area contributed by atoms with Crippen molar-refractivity contribution in [1.29, 1.82) is 0 Å². The number of hydrazone groups is 1. The largest absolute Gasteiger partial charge is 0.323 e. The summed E-state index contributed by atoms with van der Waals surface area (Å²) in [5.74, 6) is 5.45. The highest BCUT2D eigenvalue weighted by Crippen LogP contribution is 2.27.